The van der Waals surface area contributed by atoms with Crippen molar-refractivity contribution in [3.8, 4) is 23.1 Å². The smallest absolute Gasteiger partial charge is 0.407 e. The molecule has 0 radical (unpaired) electrons. The number of hydrogen-bond donors (Lipinski definition) is 6. The summed E-state index contributed by atoms with van der Waals surface area (Å²) in [4.78, 5) is 61.7. The van der Waals surface area contributed by atoms with Crippen molar-refractivity contribution in [2.75, 3.05) is 44.9 Å². The molecular formula is C53H60F10N10O8. The first-order chi connectivity index (χ1) is 37.9. The highest BCUT2D eigenvalue weighted by Gasteiger charge is 2.57. The zero-order chi connectivity index (χ0) is 59.5. The highest BCUT2D eigenvalue weighted by atomic mass is 19.4. The summed E-state index contributed by atoms with van der Waals surface area (Å²) in [6.45, 7) is 1.69. The molecule has 2 aromatic heterocycles. The van der Waals surface area contributed by atoms with Gasteiger partial charge >= 0.3 is 31.1 Å². The summed E-state index contributed by atoms with van der Waals surface area (Å²) in [6.07, 6.45) is -12.0. The standard InChI is InChI=1S/C53H60F10N10O8/c1-28-17-42(70-22-33-13-14-34(23-70)73(33)35-26-81-27-35)64-21-31(28)12-11-29-7-9-30(10-8-29)18-40(65-45(75)43(67-49(79)80-6)50(2,3)52(58,59)60)41(74)25-71(69-46(76)44(66-48(77)78)51(4,5)53(61,62)63)24-36-37(54)19-32(20-38(36)55)39-15-16-72(68-39)47(56)57/h7-10,15-17,19-21,33-35,40-41,43-44,47,66,74H,13-14,18,22-27H2,1-6H3,(H,65,75)(H,67,79)(H,69,76)(H,77,78). The third-order valence-corrected chi connectivity index (χ3v) is 15.0. The number of aryl methyl sites for hydroxylation is 1. The normalized spacial score (nSPS) is 18.5. The van der Waals surface area contributed by atoms with Crippen molar-refractivity contribution in [2.24, 2.45) is 10.8 Å². The molecule has 6 unspecified atom stereocenters. The first kappa shape index (κ1) is 61.4. The van der Waals surface area contributed by atoms with Gasteiger partial charge in [-0.1, -0.05) is 24.0 Å². The molecule has 81 heavy (non-hydrogen) atoms. The Morgan fingerprint density at radius 1 is 0.840 bits per heavy atom. The molecule has 2 bridgehead atoms. The number of hydrazine groups is 1. The lowest BCUT2D eigenvalue weighted by Crippen LogP contribution is -2.63. The number of anilines is 1. The molecule has 18 nitrogen and oxygen atoms in total. The van der Waals surface area contributed by atoms with Crippen LogP contribution in [-0.2, 0) is 32.0 Å². The van der Waals surface area contributed by atoms with Gasteiger partial charge in [0.05, 0.1) is 55.0 Å². The van der Waals surface area contributed by atoms with E-state index in [9.17, 15) is 64.5 Å². The lowest BCUT2D eigenvalue weighted by atomic mass is 9.82. The number of alkyl carbamates (subject to hydrolysis) is 1. The molecule has 4 aromatic rings. The van der Waals surface area contributed by atoms with E-state index in [0.717, 1.165) is 69.9 Å². The van der Waals surface area contributed by atoms with E-state index in [-0.39, 0.29) is 21.5 Å². The largest absolute Gasteiger partial charge is 0.465 e. The van der Waals surface area contributed by atoms with Gasteiger partial charge in [-0.25, -0.2) is 33.0 Å². The number of aliphatic hydroxyl groups excluding tert-OH is 1. The van der Waals surface area contributed by atoms with E-state index in [1.807, 2.05) is 23.7 Å². The van der Waals surface area contributed by atoms with Crippen molar-refractivity contribution in [2.45, 2.75) is 122 Å². The second kappa shape index (κ2) is 24.5. The fourth-order valence-corrected chi connectivity index (χ4v) is 9.82. The van der Waals surface area contributed by atoms with Crippen molar-refractivity contribution < 1.29 is 82.8 Å². The number of benzene rings is 2. The topological polar surface area (TPSA) is 216 Å². The number of piperazine rings is 1. The molecule has 6 atom stereocenters. The second-order valence-corrected chi connectivity index (χ2v) is 21.2. The van der Waals surface area contributed by atoms with Gasteiger partial charge in [-0.3, -0.25) is 19.9 Å². The van der Waals surface area contributed by atoms with Crippen molar-refractivity contribution in [1.29, 1.82) is 0 Å². The number of hydrogen-bond acceptors (Lipinski definition) is 12. The average molecular weight is 1160 g/mol. The van der Waals surface area contributed by atoms with Gasteiger partial charge in [-0.2, -0.15) is 40.2 Å². The molecule has 0 spiro atoms. The Kier molecular flexibility index (Phi) is 18.6. The van der Waals surface area contributed by atoms with Crippen LogP contribution in [0.5, 0.6) is 0 Å². The van der Waals surface area contributed by atoms with E-state index in [2.05, 4.69) is 36.8 Å². The summed E-state index contributed by atoms with van der Waals surface area (Å²) >= 11 is 0. The Labute approximate surface area is 458 Å². The molecule has 5 heterocycles. The number of methoxy groups -OCH3 is 1. The third kappa shape index (κ3) is 14.1. The Morgan fingerprint density at radius 2 is 1.43 bits per heavy atom. The summed E-state index contributed by atoms with van der Waals surface area (Å²) < 4.78 is 156. The van der Waals surface area contributed by atoms with E-state index < -0.39 is 115 Å². The Hall–Kier alpha value is -7.22. The minimum absolute atomic E-state index is 0.188. The molecule has 4 amide bonds. The molecule has 28 heteroatoms. The molecule has 3 saturated heterocycles. The molecule has 3 aliphatic heterocycles. The molecule has 0 aliphatic carbocycles. The third-order valence-electron chi connectivity index (χ3n) is 15.0. The number of rotatable bonds is 19. The van der Waals surface area contributed by atoms with Crippen LogP contribution >= 0.6 is 0 Å². The summed E-state index contributed by atoms with van der Waals surface area (Å²) in [6, 6.07) is 4.61. The number of carbonyl (C=O) groups is 4. The number of ether oxygens (including phenoxy) is 2. The van der Waals surface area contributed by atoms with Crippen LogP contribution in [0.4, 0.5) is 59.3 Å². The number of pyridine rings is 1. The first-order valence-corrected chi connectivity index (χ1v) is 25.4. The van der Waals surface area contributed by atoms with Crippen LogP contribution in [0.15, 0.2) is 60.9 Å². The van der Waals surface area contributed by atoms with E-state index >= 15 is 8.78 Å². The maximum Gasteiger partial charge on any atom is 0.407 e. The summed E-state index contributed by atoms with van der Waals surface area (Å²) in [7, 11) is 0.813. The van der Waals surface area contributed by atoms with Crippen molar-refractivity contribution in [3.63, 3.8) is 0 Å². The maximum absolute atomic E-state index is 16.0. The second-order valence-electron chi connectivity index (χ2n) is 21.2. The summed E-state index contributed by atoms with van der Waals surface area (Å²) in [5.74, 6) is 0.734. The van der Waals surface area contributed by atoms with E-state index in [4.69, 9.17) is 9.72 Å². The number of aromatic nitrogens is 3. The van der Waals surface area contributed by atoms with Gasteiger partial charge in [0.25, 0.3) is 5.91 Å². The Bertz CT molecular complexity index is 2960. The number of aliphatic hydroxyl groups is 1. The molecule has 440 valence electrons. The zero-order valence-corrected chi connectivity index (χ0v) is 44.6. The van der Waals surface area contributed by atoms with Crippen molar-refractivity contribution in [1.82, 2.24) is 46.0 Å². The number of carboxylic acid groups (broad SMARTS) is 1. The average Bonchev–Trinajstić information content (AvgIpc) is 4.16. The minimum atomic E-state index is -5.29. The number of alkyl halides is 8. The molecule has 3 fully saturated rings. The van der Waals surface area contributed by atoms with Crippen LogP contribution in [-0.4, -0.2) is 154 Å². The number of halogens is 10. The van der Waals surface area contributed by atoms with E-state index in [0.29, 0.717) is 74.1 Å². The minimum Gasteiger partial charge on any atom is -0.465 e. The summed E-state index contributed by atoms with van der Waals surface area (Å²) in [5.41, 5.74) is -3.76. The Morgan fingerprint density at radius 3 is 1.94 bits per heavy atom. The van der Waals surface area contributed by atoms with Gasteiger partial charge in [-0.05, 0) is 101 Å². The predicted molar refractivity (Wildman–Crippen MR) is 270 cm³/mol. The lowest BCUT2D eigenvalue weighted by molar-refractivity contribution is -0.221. The highest BCUT2D eigenvalue weighted by Crippen LogP contribution is 2.42. The quantitative estimate of drug-likeness (QED) is 0.0323. The maximum atomic E-state index is 16.0. The van der Waals surface area contributed by atoms with Crippen molar-refractivity contribution >= 4 is 29.8 Å². The van der Waals surface area contributed by atoms with Crippen LogP contribution < -0.4 is 26.3 Å². The number of nitrogens with zero attached hydrogens (tertiary/aromatic N) is 6. The Balaban J connectivity index is 1.19. The fraction of sp³-hybridized carbons (Fsp3) is 0.509. The molecule has 0 saturated carbocycles. The van der Waals surface area contributed by atoms with Crippen molar-refractivity contribution in [3.05, 3.63) is 100 Å². The summed E-state index contributed by atoms with van der Waals surface area (Å²) in [5, 5.41) is 31.2. The van der Waals surface area contributed by atoms with Gasteiger partial charge in [0.15, 0.2) is 0 Å². The SMILES string of the molecule is COC(=O)NC(C(=O)NC(Cc1ccc(C#Cc2cnc(N3CC4CCC(C3)N4C3COC3)cc2C)cc1)C(O)CN(Cc1c(F)cc(-c2ccn(C(F)F)n2)cc1F)NC(=O)C(NC(=O)O)C(C)(C)C(F)(F)F)C(C)(C)C(F)(F)F. The van der Waals surface area contributed by atoms with Gasteiger partial charge < -0.3 is 40.5 Å². The van der Waals surface area contributed by atoms with Gasteiger partial charge in [0.1, 0.15) is 29.5 Å². The molecule has 3 aliphatic rings. The number of nitrogens with one attached hydrogen (secondary N) is 4. The molecule has 2 aromatic carbocycles. The monoisotopic (exact) mass is 1150 g/mol. The number of fused-ring (bicyclic) bond motifs is 2. The molecule has 6 N–H and O–H groups in total. The van der Waals surface area contributed by atoms with Crippen LogP contribution in [0.1, 0.15) is 74.9 Å². The van der Waals surface area contributed by atoms with Crippen LogP contribution in [0.2, 0.25) is 0 Å². The van der Waals surface area contributed by atoms with Gasteiger partial charge in [0, 0.05) is 72.9 Å². The molecule has 7 rings (SSSR count). The molecular weight excluding hydrogens is 1090 g/mol. The fourth-order valence-electron chi connectivity index (χ4n) is 9.82. The van der Waals surface area contributed by atoms with Gasteiger partial charge in [0.2, 0.25) is 5.91 Å². The zero-order valence-electron chi connectivity index (χ0n) is 44.6. The highest BCUT2D eigenvalue weighted by molar-refractivity contribution is 5.87. The first-order valence-electron chi connectivity index (χ1n) is 25.4. The van der Waals surface area contributed by atoms with Gasteiger partial charge in [-0.15, -0.1) is 0 Å². The van der Waals surface area contributed by atoms with Crippen LogP contribution in [0, 0.1) is 41.2 Å². The van der Waals surface area contributed by atoms with E-state index in [1.54, 1.807) is 18.3 Å². The van der Waals surface area contributed by atoms with E-state index in [1.165, 1.54) is 17.4 Å². The number of amides is 4. The lowest BCUT2D eigenvalue weighted by Gasteiger charge is -2.48. The number of carbonyl (C=O) groups excluding carboxylic acids is 3. The predicted octanol–water partition coefficient (Wildman–Crippen LogP) is 6.84. The van der Waals surface area contributed by atoms with Crippen LogP contribution in [0.25, 0.3) is 11.3 Å². The van der Waals surface area contributed by atoms with Crippen LogP contribution in [0.3, 0.4) is 0 Å².